The second kappa shape index (κ2) is 3.93. The van der Waals surface area contributed by atoms with E-state index >= 15 is 0 Å². The monoisotopic (exact) mass is 167 g/mol. The van der Waals surface area contributed by atoms with Crippen LogP contribution in [0.15, 0.2) is 24.3 Å². The van der Waals surface area contributed by atoms with E-state index in [0.29, 0.717) is 22.6 Å². The zero-order valence-corrected chi connectivity index (χ0v) is 6.85. The molecule has 1 aromatic rings. The summed E-state index contributed by atoms with van der Waals surface area (Å²) in [5.41, 5.74) is 0.704. The van der Waals surface area contributed by atoms with Crippen molar-refractivity contribution in [2.75, 3.05) is 7.11 Å². The van der Waals surface area contributed by atoms with Gasteiger partial charge in [0, 0.05) is 5.56 Å². The summed E-state index contributed by atoms with van der Waals surface area (Å²) in [6.07, 6.45) is 0. The molecule has 57 valence electrons. The molecule has 0 saturated carbocycles. The number of para-hydroxylation sites is 1. The highest BCUT2D eigenvalue weighted by atomic mass is 32.1. The lowest BCUT2D eigenvalue weighted by atomic mass is 10.2. The van der Waals surface area contributed by atoms with Gasteiger partial charge < -0.3 is 4.74 Å². The van der Waals surface area contributed by atoms with Crippen LogP contribution in [0.25, 0.3) is 0 Å². The number of hydrogen-bond donors (Lipinski definition) is 0. The summed E-state index contributed by atoms with van der Waals surface area (Å²) >= 11 is 0.304. The Morgan fingerprint density at radius 2 is 2.18 bits per heavy atom. The largest absolute Gasteiger partial charge is 0.496 e. The average Bonchev–Trinajstić information content (AvgIpc) is 2.06. The van der Waals surface area contributed by atoms with E-state index in [0.717, 1.165) is 0 Å². The van der Waals surface area contributed by atoms with Gasteiger partial charge in [0.15, 0.2) is 0 Å². The molecule has 1 radical (unpaired) electrons. The quantitative estimate of drug-likeness (QED) is 0.613. The molecule has 0 spiro atoms. The Kier molecular flexibility index (Phi) is 2.86. The molecule has 3 heteroatoms. The molecular formula is C8H7O2S. The van der Waals surface area contributed by atoms with Crippen molar-refractivity contribution >= 4 is 16.6 Å². The molecule has 0 saturated heterocycles. The summed E-state index contributed by atoms with van der Waals surface area (Å²) in [6.45, 7) is 0. The third-order valence-electron chi connectivity index (χ3n) is 1.26. The summed E-state index contributed by atoms with van der Waals surface area (Å²) in [7, 11) is 1.57. The first kappa shape index (κ1) is 8.01. The van der Waals surface area contributed by atoms with Crippen molar-refractivity contribution in [3.8, 4) is 5.75 Å². The Hall–Kier alpha value is -1.09. The highest BCUT2D eigenvalue weighted by Crippen LogP contribution is 2.13. The second-order valence-corrected chi connectivity index (χ2v) is 2.26. The molecule has 11 heavy (non-hydrogen) atoms. The summed E-state index contributed by atoms with van der Waals surface area (Å²) in [5, 5.41) is 2.56. The van der Waals surface area contributed by atoms with Crippen LogP contribution in [-0.4, -0.2) is 16.7 Å². The molecule has 0 heterocycles. The third-order valence-corrected chi connectivity index (χ3v) is 1.56. The first-order valence-electron chi connectivity index (χ1n) is 3.06. The number of hydrogen-bond acceptors (Lipinski definition) is 2. The van der Waals surface area contributed by atoms with Gasteiger partial charge in [-0.1, -0.05) is 12.1 Å². The predicted octanol–water partition coefficient (Wildman–Crippen LogP) is 0.935. The van der Waals surface area contributed by atoms with Crippen LogP contribution in [0.3, 0.4) is 0 Å². The van der Waals surface area contributed by atoms with Gasteiger partial charge in [0.05, 0.1) is 23.7 Å². The zero-order chi connectivity index (χ0) is 8.10. The highest BCUT2D eigenvalue weighted by molar-refractivity contribution is 7.65. The van der Waals surface area contributed by atoms with Gasteiger partial charge >= 0.3 is 0 Å². The SMILES string of the molecule is COc1ccccc1[C]=S=O. The lowest BCUT2D eigenvalue weighted by Gasteiger charge is -2.00. The van der Waals surface area contributed by atoms with Crippen molar-refractivity contribution in [2.45, 2.75) is 0 Å². The molecule has 0 bridgehead atoms. The van der Waals surface area contributed by atoms with E-state index in [1.54, 1.807) is 19.2 Å². The summed E-state index contributed by atoms with van der Waals surface area (Å²) in [5.74, 6) is 0.677. The van der Waals surface area contributed by atoms with Crippen molar-refractivity contribution < 1.29 is 8.95 Å². The van der Waals surface area contributed by atoms with Gasteiger partial charge in [0.2, 0.25) is 0 Å². The molecular weight excluding hydrogens is 160 g/mol. The number of rotatable bonds is 2. The fraction of sp³-hybridized carbons (Fsp3) is 0.125. The maximum absolute atomic E-state index is 10.1. The molecule has 0 unspecified atom stereocenters. The van der Waals surface area contributed by atoms with E-state index in [2.05, 4.69) is 5.37 Å². The van der Waals surface area contributed by atoms with Crippen LogP contribution in [0.5, 0.6) is 5.75 Å². The normalized spacial score (nSPS) is 8.82. The molecule has 0 fully saturated rings. The lowest BCUT2D eigenvalue weighted by molar-refractivity contribution is 0.414. The van der Waals surface area contributed by atoms with Gasteiger partial charge in [0.1, 0.15) is 5.75 Å². The van der Waals surface area contributed by atoms with E-state index in [9.17, 15) is 4.21 Å². The molecule has 0 aromatic heterocycles. The summed E-state index contributed by atoms with van der Waals surface area (Å²) in [4.78, 5) is 0. The maximum Gasteiger partial charge on any atom is 0.127 e. The van der Waals surface area contributed by atoms with Crippen molar-refractivity contribution in [1.29, 1.82) is 0 Å². The predicted molar refractivity (Wildman–Crippen MR) is 45.2 cm³/mol. The van der Waals surface area contributed by atoms with E-state index < -0.39 is 0 Å². The molecule has 0 amide bonds. The lowest BCUT2D eigenvalue weighted by Crippen LogP contribution is -1.88. The molecule has 0 aliphatic heterocycles. The first-order valence-corrected chi connectivity index (χ1v) is 3.80. The average molecular weight is 167 g/mol. The molecule has 0 atom stereocenters. The fourth-order valence-electron chi connectivity index (χ4n) is 0.774. The van der Waals surface area contributed by atoms with Crippen LogP contribution in [0.4, 0.5) is 0 Å². The minimum atomic E-state index is 0.304. The fourth-order valence-corrected chi connectivity index (χ4v) is 1.03. The van der Waals surface area contributed by atoms with Crippen LogP contribution in [0.2, 0.25) is 0 Å². The topological polar surface area (TPSA) is 26.3 Å². The minimum Gasteiger partial charge on any atom is -0.496 e. The van der Waals surface area contributed by atoms with Gasteiger partial charge in [-0.2, -0.15) is 0 Å². The maximum atomic E-state index is 10.1. The molecule has 0 aliphatic carbocycles. The standard InChI is InChI=1S/C8H7O2S/c1-10-8-5-3-2-4-7(8)6-11-9/h2-5H,1H3. The minimum absolute atomic E-state index is 0.304. The number of benzene rings is 1. The van der Waals surface area contributed by atoms with Crippen molar-refractivity contribution in [1.82, 2.24) is 0 Å². The van der Waals surface area contributed by atoms with Gasteiger partial charge in [-0.15, -0.1) is 0 Å². The second-order valence-electron chi connectivity index (χ2n) is 1.89. The van der Waals surface area contributed by atoms with Crippen LogP contribution in [0, 0.1) is 0 Å². The van der Waals surface area contributed by atoms with Crippen LogP contribution in [0.1, 0.15) is 5.56 Å². The van der Waals surface area contributed by atoms with Gasteiger partial charge in [-0.05, 0) is 12.1 Å². The van der Waals surface area contributed by atoms with E-state index in [1.165, 1.54) is 0 Å². The van der Waals surface area contributed by atoms with Crippen molar-refractivity contribution in [3.05, 3.63) is 29.8 Å². The van der Waals surface area contributed by atoms with Crippen molar-refractivity contribution in [3.63, 3.8) is 0 Å². The Bertz CT molecular complexity index is 290. The van der Waals surface area contributed by atoms with Crippen LogP contribution in [-0.2, 0) is 11.3 Å². The molecule has 2 nitrogen and oxygen atoms in total. The highest BCUT2D eigenvalue weighted by Gasteiger charge is 1.96. The van der Waals surface area contributed by atoms with Gasteiger partial charge in [0.25, 0.3) is 0 Å². The molecule has 1 aromatic carbocycles. The number of ether oxygens (including phenoxy) is 1. The van der Waals surface area contributed by atoms with Gasteiger partial charge in [-0.25, -0.2) is 4.21 Å². The molecule has 0 aliphatic rings. The Morgan fingerprint density at radius 3 is 2.82 bits per heavy atom. The Balaban J connectivity index is 3.11. The number of methoxy groups -OCH3 is 1. The van der Waals surface area contributed by atoms with E-state index in [4.69, 9.17) is 4.74 Å². The van der Waals surface area contributed by atoms with E-state index in [-0.39, 0.29) is 0 Å². The van der Waals surface area contributed by atoms with Crippen LogP contribution >= 0.6 is 0 Å². The Morgan fingerprint density at radius 1 is 1.45 bits per heavy atom. The molecule has 1 rings (SSSR count). The zero-order valence-electron chi connectivity index (χ0n) is 6.03. The third kappa shape index (κ3) is 1.91. The molecule has 0 N–H and O–H groups in total. The summed E-state index contributed by atoms with van der Waals surface area (Å²) < 4.78 is 15.1. The van der Waals surface area contributed by atoms with Crippen molar-refractivity contribution in [2.24, 2.45) is 0 Å². The Labute approximate surface area is 68.9 Å². The smallest absolute Gasteiger partial charge is 0.127 e. The van der Waals surface area contributed by atoms with Crippen LogP contribution < -0.4 is 4.74 Å². The van der Waals surface area contributed by atoms with Gasteiger partial charge in [-0.3, -0.25) is 0 Å². The first-order chi connectivity index (χ1) is 5.38. The van der Waals surface area contributed by atoms with E-state index in [1.807, 2.05) is 12.1 Å². The summed E-state index contributed by atoms with van der Waals surface area (Å²) in [6, 6.07) is 7.25.